The SMILES string of the molecule is CC(C)(C)OC(=O)N1CCC[C@@](Cc2ccc(C(F)(F)F)cc2)(C(=O)O)C1. The van der Waals surface area contributed by atoms with E-state index in [4.69, 9.17) is 4.74 Å². The highest BCUT2D eigenvalue weighted by Gasteiger charge is 2.44. The smallest absolute Gasteiger partial charge is 0.416 e. The average molecular weight is 387 g/mol. The number of amides is 1. The maximum atomic E-state index is 12.7. The van der Waals surface area contributed by atoms with Crippen LogP contribution in [0.4, 0.5) is 18.0 Å². The number of hydrogen-bond acceptors (Lipinski definition) is 3. The fraction of sp³-hybridized carbons (Fsp3) is 0.579. The van der Waals surface area contributed by atoms with Crippen molar-refractivity contribution in [2.75, 3.05) is 13.1 Å². The molecular formula is C19H24F3NO4. The third-order valence-electron chi connectivity index (χ3n) is 4.51. The second-order valence-electron chi connectivity index (χ2n) is 7.96. The van der Waals surface area contributed by atoms with Crippen LogP contribution in [-0.2, 0) is 22.1 Å². The molecule has 1 aliphatic rings. The highest BCUT2D eigenvalue weighted by molar-refractivity contribution is 5.77. The molecule has 5 nitrogen and oxygen atoms in total. The van der Waals surface area contributed by atoms with Crippen molar-refractivity contribution in [3.8, 4) is 0 Å². The van der Waals surface area contributed by atoms with Crippen molar-refractivity contribution in [2.24, 2.45) is 5.41 Å². The Labute approximate surface area is 156 Å². The maximum absolute atomic E-state index is 12.7. The molecule has 0 spiro atoms. The van der Waals surface area contributed by atoms with E-state index in [1.165, 1.54) is 17.0 Å². The molecule has 1 amide bonds. The number of aliphatic carboxylic acids is 1. The van der Waals surface area contributed by atoms with Gasteiger partial charge in [0.2, 0.25) is 0 Å². The van der Waals surface area contributed by atoms with Gasteiger partial charge < -0.3 is 14.7 Å². The number of carboxylic acid groups (broad SMARTS) is 1. The van der Waals surface area contributed by atoms with Crippen molar-refractivity contribution < 1.29 is 32.6 Å². The molecule has 0 saturated carbocycles. The van der Waals surface area contributed by atoms with Crippen LogP contribution in [0, 0.1) is 5.41 Å². The first-order chi connectivity index (χ1) is 12.3. The topological polar surface area (TPSA) is 66.8 Å². The number of piperidine rings is 1. The molecule has 27 heavy (non-hydrogen) atoms. The third kappa shape index (κ3) is 5.37. The second kappa shape index (κ2) is 7.40. The molecular weight excluding hydrogens is 363 g/mol. The summed E-state index contributed by atoms with van der Waals surface area (Å²) >= 11 is 0. The predicted octanol–water partition coefficient (Wildman–Crippen LogP) is 4.35. The number of likely N-dealkylation sites (tertiary alicyclic amines) is 1. The third-order valence-corrected chi connectivity index (χ3v) is 4.51. The van der Waals surface area contributed by atoms with Crippen LogP contribution in [0.5, 0.6) is 0 Å². The lowest BCUT2D eigenvalue weighted by Gasteiger charge is -2.40. The van der Waals surface area contributed by atoms with Gasteiger partial charge in [0.25, 0.3) is 0 Å². The molecule has 0 radical (unpaired) electrons. The van der Waals surface area contributed by atoms with Crippen molar-refractivity contribution in [3.63, 3.8) is 0 Å². The number of benzene rings is 1. The number of halogens is 3. The van der Waals surface area contributed by atoms with E-state index < -0.39 is 34.8 Å². The van der Waals surface area contributed by atoms with Gasteiger partial charge in [0.05, 0.1) is 11.0 Å². The zero-order chi connectivity index (χ0) is 20.5. The summed E-state index contributed by atoms with van der Waals surface area (Å²) in [6, 6.07) is 4.47. The lowest BCUT2D eigenvalue weighted by molar-refractivity contribution is -0.152. The highest BCUT2D eigenvalue weighted by Crippen LogP contribution is 2.36. The monoisotopic (exact) mass is 387 g/mol. The standard InChI is InChI=1S/C19H24F3NO4/c1-17(2,3)27-16(26)23-10-4-9-18(12-23,15(24)25)11-13-5-7-14(8-6-13)19(20,21)22/h5-8H,4,9-12H2,1-3H3,(H,24,25)/t18-/m0/s1. The van der Waals surface area contributed by atoms with E-state index in [-0.39, 0.29) is 13.0 Å². The Morgan fingerprint density at radius 1 is 1.19 bits per heavy atom. The van der Waals surface area contributed by atoms with Crippen molar-refractivity contribution in [1.82, 2.24) is 4.90 Å². The molecule has 1 atom stereocenters. The summed E-state index contributed by atoms with van der Waals surface area (Å²) in [6.07, 6.45) is -4.17. The van der Waals surface area contributed by atoms with E-state index in [9.17, 15) is 27.9 Å². The average Bonchev–Trinajstić information content (AvgIpc) is 2.53. The van der Waals surface area contributed by atoms with E-state index in [1.54, 1.807) is 20.8 Å². The van der Waals surface area contributed by atoms with Crippen LogP contribution >= 0.6 is 0 Å². The Morgan fingerprint density at radius 2 is 1.78 bits per heavy atom. The van der Waals surface area contributed by atoms with Gasteiger partial charge >= 0.3 is 18.2 Å². The van der Waals surface area contributed by atoms with Gasteiger partial charge in [0.1, 0.15) is 5.60 Å². The minimum absolute atomic E-state index is 0.0414. The van der Waals surface area contributed by atoms with Crippen LogP contribution in [-0.4, -0.2) is 40.8 Å². The molecule has 1 N–H and O–H groups in total. The van der Waals surface area contributed by atoms with E-state index in [2.05, 4.69) is 0 Å². The summed E-state index contributed by atoms with van der Waals surface area (Å²) in [7, 11) is 0. The lowest BCUT2D eigenvalue weighted by Crippen LogP contribution is -2.52. The summed E-state index contributed by atoms with van der Waals surface area (Å²) in [4.78, 5) is 25.7. The number of alkyl halides is 3. The molecule has 1 aliphatic heterocycles. The minimum Gasteiger partial charge on any atom is -0.481 e. The first-order valence-corrected chi connectivity index (χ1v) is 8.70. The molecule has 1 heterocycles. The van der Waals surface area contributed by atoms with Crippen LogP contribution in [0.15, 0.2) is 24.3 Å². The highest BCUT2D eigenvalue weighted by atomic mass is 19.4. The summed E-state index contributed by atoms with van der Waals surface area (Å²) in [5.41, 5.74) is -2.26. The van der Waals surface area contributed by atoms with Gasteiger partial charge in [-0.2, -0.15) is 13.2 Å². The number of carbonyl (C=O) groups is 2. The Morgan fingerprint density at radius 3 is 2.26 bits per heavy atom. The molecule has 1 aromatic rings. The van der Waals surface area contributed by atoms with E-state index >= 15 is 0 Å². The molecule has 0 aromatic heterocycles. The van der Waals surface area contributed by atoms with Crippen molar-refractivity contribution in [1.29, 1.82) is 0 Å². The lowest BCUT2D eigenvalue weighted by atomic mass is 9.75. The molecule has 8 heteroatoms. The van der Waals surface area contributed by atoms with Gasteiger partial charge in [-0.1, -0.05) is 12.1 Å². The van der Waals surface area contributed by atoms with Crippen LogP contribution < -0.4 is 0 Å². The van der Waals surface area contributed by atoms with Gasteiger partial charge in [-0.15, -0.1) is 0 Å². The van der Waals surface area contributed by atoms with Gasteiger partial charge in [0.15, 0.2) is 0 Å². The summed E-state index contributed by atoms with van der Waals surface area (Å²) in [6.45, 7) is 5.51. The summed E-state index contributed by atoms with van der Waals surface area (Å²) < 4.78 is 43.4. The van der Waals surface area contributed by atoms with Gasteiger partial charge in [-0.05, 0) is 57.7 Å². The quantitative estimate of drug-likeness (QED) is 0.837. The second-order valence-corrected chi connectivity index (χ2v) is 7.96. The van der Waals surface area contributed by atoms with Crippen LogP contribution in [0.2, 0.25) is 0 Å². The first-order valence-electron chi connectivity index (χ1n) is 8.70. The Balaban J connectivity index is 2.19. The zero-order valence-electron chi connectivity index (χ0n) is 15.6. The Hall–Kier alpha value is -2.25. The normalized spacial score (nSPS) is 21.0. The van der Waals surface area contributed by atoms with E-state index in [0.29, 0.717) is 24.9 Å². The molecule has 1 fully saturated rings. The Bertz CT molecular complexity index is 694. The van der Waals surface area contributed by atoms with Gasteiger partial charge in [-0.3, -0.25) is 4.79 Å². The number of carbonyl (C=O) groups excluding carboxylic acids is 1. The molecule has 0 unspecified atom stereocenters. The van der Waals surface area contributed by atoms with Gasteiger partial charge in [0, 0.05) is 13.1 Å². The van der Waals surface area contributed by atoms with Crippen molar-refractivity contribution in [2.45, 2.75) is 51.8 Å². The van der Waals surface area contributed by atoms with Crippen LogP contribution in [0.1, 0.15) is 44.7 Å². The molecule has 2 rings (SSSR count). The Kier molecular flexibility index (Phi) is 5.77. The predicted molar refractivity (Wildman–Crippen MR) is 92.3 cm³/mol. The largest absolute Gasteiger partial charge is 0.481 e. The first kappa shape index (κ1) is 21.1. The number of rotatable bonds is 3. The molecule has 150 valence electrons. The van der Waals surface area contributed by atoms with Crippen molar-refractivity contribution in [3.05, 3.63) is 35.4 Å². The van der Waals surface area contributed by atoms with Gasteiger partial charge in [-0.25, -0.2) is 4.79 Å². The minimum atomic E-state index is -4.44. The zero-order valence-corrected chi connectivity index (χ0v) is 15.6. The number of hydrogen-bond donors (Lipinski definition) is 1. The fourth-order valence-electron chi connectivity index (χ4n) is 3.21. The molecule has 0 aliphatic carbocycles. The maximum Gasteiger partial charge on any atom is 0.416 e. The summed E-state index contributed by atoms with van der Waals surface area (Å²) in [5.74, 6) is -1.07. The molecule has 0 bridgehead atoms. The van der Waals surface area contributed by atoms with Crippen molar-refractivity contribution >= 4 is 12.1 Å². The number of nitrogens with zero attached hydrogens (tertiary/aromatic N) is 1. The molecule has 1 aromatic carbocycles. The fourth-order valence-corrected chi connectivity index (χ4v) is 3.21. The summed E-state index contributed by atoms with van der Waals surface area (Å²) in [5, 5.41) is 9.81. The molecule has 1 saturated heterocycles. The number of carboxylic acids is 1. The van der Waals surface area contributed by atoms with Crippen LogP contribution in [0.25, 0.3) is 0 Å². The van der Waals surface area contributed by atoms with E-state index in [0.717, 1.165) is 12.1 Å². The van der Waals surface area contributed by atoms with Crippen LogP contribution in [0.3, 0.4) is 0 Å². The number of ether oxygens (including phenoxy) is 1. The van der Waals surface area contributed by atoms with E-state index in [1.807, 2.05) is 0 Å².